The number of hydrogen-bond acceptors (Lipinski definition) is 2. The molecule has 1 saturated heterocycles. The molecule has 0 atom stereocenters. The van der Waals surface area contributed by atoms with Gasteiger partial charge in [-0.3, -0.25) is 4.79 Å². The van der Waals surface area contributed by atoms with Gasteiger partial charge in [0.2, 0.25) is 0 Å². The predicted molar refractivity (Wildman–Crippen MR) is 64.8 cm³/mol. The molecular weight excluding hydrogens is 220 g/mol. The van der Waals surface area contributed by atoms with Gasteiger partial charge in [-0.25, -0.2) is 4.79 Å². The summed E-state index contributed by atoms with van der Waals surface area (Å²) in [6, 6.07) is -0.0165. The van der Waals surface area contributed by atoms with Crippen molar-refractivity contribution < 1.29 is 14.7 Å². The van der Waals surface area contributed by atoms with E-state index in [1.807, 2.05) is 13.8 Å². The standard InChI is InChI=1S/C12H20N2O3/c1-4-13(6-9(2)3)12(17)14-7-10(8-14)5-11(15)16/h10H,2,4-8H2,1,3H3,(H,15,16). The third-order valence-corrected chi connectivity index (χ3v) is 2.80. The fourth-order valence-electron chi connectivity index (χ4n) is 1.94. The highest BCUT2D eigenvalue weighted by atomic mass is 16.4. The number of aliphatic carboxylic acids is 1. The first-order chi connectivity index (χ1) is 7.93. The molecule has 1 N–H and O–H groups in total. The van der Waals surface area contributed by atoms with Gasteiger partial charge in [-0.15, -0.1) is 0 Å². The summed E-state index contributed by atoms with van der Waals surface area (Å²) in [6.45, 7) is 9.92. The Labute approximate surface area is 102 Å². The van der Waals surface area contributed by atoms with Crippen LogP contribution in [0.25, 0.3) is 0 Å². The third kappa shape index (κ3) is 3.76. The second kappa shape index (κ2) is 5.70. The number of likely N-dealkylation sites (tertiary alicyclic amines) is 1. The largest absolute Gasteiger partial charge is 0.481 e. The number of urea groups is 1. The number of carbonyl (C=O) groups excluding carboxylic acids is 1. The third-order valence-electron chi connectivity index (χ3n) is 2.80. The molecule has 1 rings (SSSR count). The number of amides is 2. The van der Waals surface area contributed by atoms with Crippen molar-refractivity contribution in [2.75, 3.05) is 26.2 Å². The van der Waals surface area contributed by atoms with Gasteiger partial charge in [0.25, 0.3) is 0 Å². The lowest BCUT2D eigenvalue weighted by atomic mass is 9.97. The van der Waals surface area contributed by atoms with Gasteiger partial charge in [0.05, 0.1) is 6.42 Å². The number of nitrogens with zero attached hydrogens (tertiary/aromatic N) is 2. The van der Waals surface area contributed by atoms with Crippen LogP contribution in [0.1, 0.15) is 20.3 Å². The Morgan fingerprint density at radius 2 is 2.06 bits per heavy atom. The summed E-state index contributed by atoms with van der Waals surface area (Å²) in [6.07, 6.45) is 0.149. The maximum Gasteiger partial charge on any atom is 0.320 e. The number of carboxylic acids is 1. The molecule has 0 aromatic rings. The summed E-state index contributed by atoms with van der Waals surface area (Å²) in [5, 5.41) is 8.62. The lowest BCUT2D eigenvalue weighted by Crippen LogP contribution is -2.55. The average molecular weight is 240 g/mol. The minimum absolute atomic E-state index is 0.0165. The van der Waals surface area contributed by atoms with Crippen LogP contribution in [0.3, 0.4) is 0 Å². The number of carbonyl (C=O) groups is 2. The van der Waals surface area contributed by atoms with Gasteiger partial charge in [-0.05, 0) is 13.8 Å². The van der Waals surface area contributed by atoms with Crippen molar-refractivity contribution in [3.05, 3.63) is 12.2 Å². The van der Waals surface area contributed by atoms with Gasteiger partial charge in [0, 0.05) is 32.1 Å². The Morgan fingerprint density at radius 1 is 1.47 bits per heavy atom. The van der Waals surface area contributed by atoms with Crippen LogP contribution in [0, 0.1) is 5.92 Å². The fraction of sp³-hybridized carbons (Fsp3) is 0.667. The zero-order valence-electron chi connectivity index (χ0n) is 10.5. The van der Waals surface area contributed by atoms with E-state index >= 15 is 0 Å². The zero-order valence-corrected chi connectivity index (χ0v) is 10.5. The highest BCUT2D eigenvalue weighted by molar-refractivity contribution is 5.76. The Morgan fingerprint density at radius 3 is 2.47 bits per heavy atom. The van der Waals surface area contributed by atoms with Crippen LogP contribution in [-0.2, 0) is 4.79 Å². The Kier molecular flexibility index (Phi) is 4.54. The van der Waals surface area contributed by atoms with Gasteiger partial charge >= 0.3 is 12.0 Å². The van der Waals surface area contributed by atoms with Crippen LogP contribution >= 0.6 is 0 Å². The summed E-state index contributed by atoms with van der Waals surface area (Å²) in [4.78, 5) is 25.9. The van der Waals surface area contributed by atoms with Gasteiger partial charge in [0.1, 0.15) is 0 Å². The van der Waals surface area contributed by atoms with Crippen molar-refractivity contribution in [2.24, 2.45) is 5.92 Å². The first-order valence-electron chi connectivity index (χ1n) is 5.84. The maximum atomic E-state index is 12.0. The minimum atomic E-state index is -0.795. The lowest BCUT2D eigenvalue weighted by molar-refractivity contribution is -0.139. The highest BCUT2D eigenvalue weighted by Crippen LogP contribution is 2.20. The molecule has 0 spiro atoms. The van der Waals surface area contributed by atoms with Gasteiger partial charge in [-0.2, -0.15) is 0 Å². The summed E-state index contributed by atoms with van der Waals surface area (Å²) in [7, 11) is 0. The minimum Gasteiger partial charge on any atom is -0.481 e. The molecule has 96 valence electrons. The molecule has 2 amide bonds. The second-order valence-corrected chi connectivity index (χ2v) is 4.62. The van der Waals surface area contributed by atoms with Gasteiger partial charge in [-0.1, -0.05) is 12.2 Å². The molecule has 1 heterocycles. The molecule has 5 nitrogen and oxygen atoms in total. The van der Waals surface area contributed by atoms with Crippen LogP contribution in [0.5, 0.6) is 0 Å². The molecule has 1 aliphatic heterocycles. The van der Waals surface area contributed by atoms with Crippen LogP contribution in [0.15, 0.2) is 12.2 Å². The van der Waals surface area contributed by atoms with E-state index in [4.69, 9.17) is 5.11 Å². The molecule has 0 aliphatic carbocycles. The van der Waals surface area contributed by atoms with E-state index in [1.165, 1.54) is 0 Å². The topological polar surface area (TPSA) is 60.9 Å². The van der Waals surface area contributed by atoms with E-state index in [0.717, 1.165) is 5.57 Å². The zero-order chi connectivity index (χ0) is 13.0. The van der Waals surface area contributed by atoms with E-state index in [2.05, 4.69) is 6.58 Å². The van der Waals surface area contributed by atoms with E-state index in [9.17, 15) is 9.59 Å². The number of likely N-dealkylation sites (N-methyl/N-ethyl adjacent to an activating group) is 1. The number of rotatable bonds is 5. The molecule has 17 heavy (non-hydrogen) atoms. The van der Waals surface area contributed by atoms with Crippen molar-refractivity contribution in [3.63, 3.8) is 0 Å². The van der Waals surface area contributed by atoms with Crippen LogP contribution in [0.2, 0.25) is 0 Å². The molecule has 0 bridgehead atoms. The molecule has 0 unspecified atom stereocenters. The molecule has 0 saturated carbocycles. The van der Waals surface area contributed by atoms with Crippen LogP contribution < -0.4 is 0 Å². The van der Waals surface area contributed by atoms with Crippen molar-refractivity contribution in [1.82, 2.24) is 9.80 Å². The van der Waals surface area contributed by atoms with Crippen molar-refractivity contribution in [1.29, 1.82) is 0 Å². The van der Waals surface area contributed by atoms with E-state index < -0.39 is 5.97 Å². The maximum absolute atomic E-state index is 12.0. The molecule has 1 aliphatic rings. The Balaban J connectivity index is 2.39. The highest BCUT2D eigenvalue weighted by Gasteiger charge is 2.33. The van der Waals surface area contributed by atoms with Gasteiger partial charge in [0.15, 0.2) is 0 Å². The van der Waals surface area contributed by atoms with Crippen LogP contribution in [0.4, 0.5) is 4.79 Å². The SMILES string of the molecule is C=C(C)CN(CC)C(=O)N1CC(CC(=O)O)C1. The molecular formula is C12H20N2O3. The second-order valence-electron chi connectivity index (χ2n) is 4.62. The molecule has 0 aromatic heterocycles. The summed E-state index contributed by atoms with van der Waals surface area (Å²) in [5.41, 5.74) is 0.947. The van der Waals surface area contributed by atoms with Crippen molar-refractivity contribution in [3.8, 4) is 0 Å². The van der Waals surface area contributed by atoms with Crippen molar-refractivity contribution in [2.45, 2.75) is 20.3 Å². The molecule has 0 radical (unpaired) electrons. The van der Waals surface area contributed by atoms with Gasteiger partial charge < -0.3 is 14.9 Å². The lowest BCUT2D eigenvalue weighted by Gasteiger charge is -2.41. The summed E-state index contributed by atoms with van der Waals surface area (Å²) in [5.74, 6) is -0.684. The first-order valence-corrected chi connectivity index (χ1v) is 5.84. The summed E-state index contributed by atoms with van der Waals surface area (Å²) >= 11 is 0. The Bertz CT molecular complexity index is 322. The molecule has 0 aromatic carbocycles. The first kappa shape index (κ1) is 13.5. The van der Waals surface area contributed by atoms with E-state index in [1.54, 1.807) is 9.80 Å². The number of carboxylic acid groups (broad SMARTS) is 1. The number of hydrogen-bond donors (Lipinski definition) is 1. The van der Waals surface area contributed by atoms with Crippen LogP contribution in [-0.4, -0.2) is 53.1 Å². The fourth-order valence-corrected chi connectivity index (χ4v) is 1.94. The quantitative estimate of drug-likeness (QED) is 0.739. The predicted octanol–water partition coefficient (Wildman–Crippen LogP) is 1.41. The smallest absolute Gasteiger partial charge is 0.320 e. The van der Waals surface area contributed by atoms with Crippen molar-refractivity contribution >= 4 is 12.0 Å². The van der Waals surface area contributed by atoms with E-state index in [0.29, 0.717) is 26.2 Å². The van der Waals surface area contributed by atoms with E-state index in [-0.39, 0.29) is 18.4 Å². The molecule has 5 heteroatoms. The average Bonchev–Trinajstić information content (AvgIpc) is 2.17. The monoisotopic (exact) mass is 240 g/mol. The Hall–Kier alpha value is -1.52. The molecule has 1 fully saturated rings. The normalized spacial score (nSPS) is 15.3. The summed E-state index contributed by atoms with van der Waals surface area (Å²) < 4.78 is 0.